The Morgan fingerprint density at radius 1 is 1.55 bits per heavy atom. The van der Waals surface area contributed by atoms with Crippen LogP contribution in [0.25, 0.3) is 0 Å². The number of carbonyl (C=O) groups excluding carboxylic acids is 1. The van der Waals surface area contributed by atoms with Crippen LogP contribution >= 0.6 is 11.3 Å². The molecule has 20 heavy (non-hydrogen) atoms. The number of thiophene rings is 1. The van der Waals surface area contributed by atoms with Crippen LogP contribution < -0.4 is 5.73 Å². The van der Waals surface area contributed by atoms with E-state index in [0.29, 0.717) is 19.7 Å². The van der Waals surface area contributed by atoms with Crippen molar-refractivity contribution in [3.05, 3.63) is 21.4 Å². The van der Waals surface area contributed by atoms with E-state index in [1.165, 1.54) is 16.9 Å². The average Bonchev–Trinajstić information content (AvgIpc) is 3.07. The molecule has 0 radical (unpaired) electrons. The first kappa shape index (κ1) is 13.4. The molecule has 1 aromatic rings. The molecular weight excluding hydrogens is 278 g/mol. The zero-order chi connectivity index (χ0) is 14.1. The van der Waals surface area contributed by atoms with E-state index in [1.54, 1.807) is 16.2 Å². The summed E-state index contributed by atoms with van der Waals surface area (Å²) in [5.41, 5.74) is 6.87. The fourth-order valence-corrected chi connectivity index (χ4v) is 3.89. The van der Waals surface area contributed by atoms with Crippen LogP contribution in [0.2, 0.25) is 0 Å². The summed E-state index contributed by atoms with van der Waals surface area (Å²) in [4.78, 5) is 16.3. The van der Waals surface area contributed by atoms with E-state index < -0.39 is 6.10 Å². The molecule has 0 bridgehead atoms. The van der Waals surface area contributed by atoms with Crippen LogP contribution in [0.5, 0.6) is 0 Å². The smallest absolute Gasteiger partial charge is 0.264 e. The van der Waals surface area contributed by atoms with Crippen molar-refractivity contribution in [1.29, 1.82) is 0 Å². The Morgan fingerprint density at radius 2 is 2.40 bits per heavy atom. The Balaban J connectivity index is 1.73. The van der Waals surface area contributed by atoms with Crippen molar-refractivity contribution in [2.75, 3.05) is 19.7 Å². The van der Waals surface area contributed by atoms with Gasteiger partial charge in [-0.1, -0.05) is 5.16 Å². The van der Waals surface area contributed by atoms with Gasteiger partial charge in [0.05, 0.1) is 18.0 Å². The number of morpholine rings is 1. The molecule has 3 N–H and O–H groups in total. The van der Waals surface area contributed by atoms with Crippen LogP contribution in [0.15, 0.2) is 11.2 Å². The number of ether oxygens (including phenoxy) is 1. The number of amides is 1. The number of oxime groups is 1. The SMILES string of the molecule is NC(=NO)C1CN(C(=O)c2cc3c(s2)CCC3)CCO1. The van der Waals surface area contributed by atoms with Crippen molar-refractivity contribution in [2.24, 2.45) is 10.9 Å². The lowest BCUT2D eigenvalue weighted by atomic mass is 10.2. The average molecular weight is 295 g/mol. The van der Waals surface area contributed by atoms with Gasteiger partial charge < -0.3 is 20.6 Å². The largest absolute Gasteiger partial charge is 0.409 e. The molecule has 0 spiro atoms. The molecule has 1 aliphatic heterocycles. The van der Waals surface area contributed by atoms with Gasteiger partial charge in [-0.3, -0.25) is 4.79 Å². The maximum Gasteiger partial charge on any atom is 0.264 e. The molecule has 1 aliphatic carbocycles. The fraction of sp³-hybridized carbons (Fsp3) is 0.538. The standard InChI is InChI=1S/C13H17N3O3S/c14-12(15-18)9-7-16(4-5-19-9)13(17)11-6-8-2-1-3-10(8)20-11/h6,9,18H,1-5,7H2,(H2,14,15). The summed E-state index contributed by atoms with van der Waals surface area (Å²) in [5, 5.41) is 11.6. The topological polar surface area (TPSA) is 88.2 Å². The van der Waals surface area contributed by atoms with Crippen molar-refractivity contribution >= 4 is 23.1 Å². The summed E-state index contributed by atoms with van der Waals surface area (Å²) < 4.78 is 5.40. The molecule has 0 saturated carbocycles. The van der Waals surface area contributed by atoms with Gasteiger partial charge in [-0.05, 0) is 30.9 Å². The zero-order valence-electron chi connectivity index (χ0n) is 11.0. The molecule has 0 aromatic carbocycles. The highest BCUT2D eigenvalue weighted by Crippen LogP contribution is 2.31. The molecule has 1 unspecified atom stereocenters. The molecule has 7 heteroatoms. The van der Waals surface area contributed by atoms with E-state index in [9.17, 15) is 4.79 Å². The molecule has 6 nitrogen and oxygen atoms in total. The highest BCUT2D eigenvalue weighted by atomic mass is 32.1. The molecule has 3 rings (SSSR count). The fourth-order valence-electron chi connectivity index (χ4n) is 2.67. The number of amidine groups is 1. The van der Waals surface area contributed by atoms with E-state index >= 15 is 0 Å². The molecule has 1 saturated heterocycles. The van der Waals surface area contributed by atoms with Gasteiger partial charge in [0.15, 0.2) is 5.84 Å². The summed E-state index contributed by atoms with van der Waals surface area (Å²) >= 11 is 1.60. The van der Waals surface area contributed by atoms with Crippen molar-refractivity contribution in [2.45, 2.75) is 25.4 Å². The first-order chi connectivity index (χ1) is 9.69. The van der Waals surface area contributed by atoms with Crippen LogP contribution in [0.4, 0.5) is 0 Å². The van der Waals surface area contributed by atoms with Crippen molar-refractivity contribution in [3.8, 4) is 0 Å². The Morgan fingerprint density at radius 3 is 3.15 bits per heavy atom. The summed E-state index contributed by atoms with van der Waals surface area (Å²) in [6.45, 7) is 1.27. The van der Waals surface area contributed by atoms with E-state index in [0.717, 1.165) is 17.7 Å². The molecule has 2 aliphatic rings. The number of nitrogens with zero attached hydrogens (tertiary/aromatic N) is 2. The number of nitrogens with two attached hydrogens (primary N) is 1. The molecule has 108 valence electrons. The third kappa shape index (κ3) is 2.38. The normalized spacial score (nSPS) is 22.9. The minimum atomic E-state index is -0.524. The van der Waals surface area contributed by atoms with E-state index in [4.69, 9.17) is 15.7 Å². The van der Waals surface area contributed by atoms with Gasteiger partial charge in [0.2, 0.25) is 0 Å². The monoisotopic (exact) mass is 295 g/mol. The molecular formula is C13H17N3O3S. The van der Waals surface area contributed by atoms with E-state index in [2.05, 4.69) is 5.16 Å². The van der Waals surface area contributed by atoms with E-state index in [1.807, 2.05) is 6.07 Å². The Labute approximate surface area is 120 Å². The second kappa shape index (κ2) is 5.41. The molecule has 1 atom stereocenters. The number of rotatable bonds is 2. The zero-order valence-corrected chi connectivity index (χ0v) is 11.9. The maximum absolute atomic E-state index is 12.5. The number of hydrogen-bond acceptors (Lipinski definition) is 5. The minimum Gasteiger partial charge on any atom is -0.409 e. The summed E-state index contributed by atoms with van der Waals surface area (Å²) in [6, 6.07) is 2.02. The van der Waals surface area contributed by atoms with Crippen molar-refractivity contribution < 1.29 is 14.7 Å². The van der Waals surface area contributed by atoms with Crippen LogP contribution in [-0.4, -0.2) is 47.7 Å². The van der Waals surface area contributed by atoms with Crippen LogP contribution in [0.1, 0.15) is 26.5 Å². The summed E-state index contributed by atoms with van der Waals surface area (Å²) in [7, 11) is 0. The highest BCUT2D eigenvalue weighted by Gasteiger charge is 2.29. The predicted molar refractivity (Wildman–Crippen MR) is 75.4 cm³/mol. The van der Waals surface area contributed by atoms with Crippen LogP contribution in [0.3, 0.4) is 0 Å². The second-order valence-corrected chi connectivity index (χ2v) is 6.18. The van der Waals surface area contributed by atoms with Gasteiger partial charge in [-0.25, -0.2) is 0 Å². The summed E-state index contributed by atoms with van der Waals surface area (Å²) in [5.74, 6) is 0.0274. The highest BCUT2D eigenvalue weighted by molar-refractivity contribution is 7.14. The lowest BCUT2D eigenvalue weighted by Crippen LogP contribution is -2.50. The molecule has 1 fully saturated rings. The lowest BCUT2D eigenvalue weighted by Gasteiger charge is -2.31. The van der Waals surface area contributed by atoms with Crippen molar-refractivity contribution in [3.63, 3.8) is 0 Å². The van der Waals surface area contributed by atoms with Gasteiger partial charge in [-0.2, -0.15) is 0 Å². The first-order valence-electron chi connectivity index (χ1n) is 6.69. The summed E-state index contributed by atoms with van der Waals surface area (Å²) in [6.07, 6.45) is 2.83. The third-order valence-corrected chi connectivity index (χ3v) is 4.98. The number of aryl methyl sites for hydroxylation is 2. The predicted octanol–water partition coefficient (Wildman–Crippen LogP) is 0.824. The van der Waals surface area contributed by atoms with Gasteiger partial charge in [-0.15, -0.1) is 11.3 Å². The Kier molecular flexibility index (Phi) is 3.62. The number of hydrogen-bond donors (Lipinski definition) is 2. The number of fused-ring (bicyclic) bond motifs is 1. The molecule has 1 aromatic heterocycles. The van der Waals surface area contributed by atoms with Gasteiger partial charge >= 0.3 is 0 Å². The molecule has 2 heterocycles. The van der Waals surface area contributed by atoms with Gasteiger partial charge in [0, 0.05) is 11.4 Å². The lowest BCUT2D eigenvalue weighted by molar-refractivity contribution is 0.00699. The van der Waals surface area contributed by atoms with E-state index in [-0.39, 0.29) is 11.7 Å². The third-order valence-electron chi connectivity index (χ3n) is 3.76. The Bertz CT molecular complexity index is 534. The number of carbonyl (C=O) groups is 1. The van der Waals surface area contributed by atoms with Crippen molar-refractivity contribution in [1.82, 2.24) is 4.90 Å². The second-order valence-electron chi connectivity index (χ2n) is 5.05. The van der Waals surface area contributed by atoms with Crippen LogP contribution in [0, 0.1) is 0 Å². The van der Waals surface area contributed by atoms with Gasteiger partial charge in [0.1, 0.15) is 6.10 Å². The quantitative estimate of drug-likeness (QED) is 0.366. The maximum atomic E-state index is 12.5. The molecule has 1 amide bonds. The minimum absolute atomic E-state index is 0.0103. The van der Waals surface area contributed by atoms with Crippen LogP contribution in [-0.2, 0) is 17.6 Å². The van der Waals surface area contributed by atoms with Gasteiger partial charge in [0.25, 0.3) is 5.91 Å². The first-order valence-corrected chi connectivity index (χ1v) is 7.50. The Hall–Kier alpha value is -1.60.